The van der Waals surface area contributed by atoms with Crippen LogP contribution in [0, 0.1) is 0 Å². The van der Waals surface area contributed by atoms with Gasteiger partial charge in [0.05, 0.1) is 34.1 Å². The highest BCUT2D eigenvalue weighted by molar-refractivity contribution is 5.97. The molecule has 30 heavy (non-hydrogen) atoms. The maximum atomic E-state index is 4.87. The summed E-state index contributed by atoms with van der Waals surface area (Å²) in [6.07, 6.45) is 7.12. The maximum absolute atomic E-state index is 4.87. The zero-order chi connectivity index (χ0) is 19.9. The number of pyridine rings is 3. The summed E-state index contributed by atoms with van der Waals surface area (Å²) in [4.78, 5) is 21.5. The van der Waals surface area contributed by atoms with Gasteiger partial charge in [0.1, 0.15) is 5.69 Å². The number of benzene rings is 1. The summed E-state index contributed by atoms with van der Waals surface area (Å²) in [6, 6.07) is 17.8. The van der Waals surface area contributed by atoms with Crippen LogP contribution in [0.1, 0.15) is 0 Å². The van der Waals surface area contributed by atoms with E-state index in [0.717, 1.165) is 50.1 Å². The molecule has 0 spiro atoms. The summed E-state index contributed by atoms with van der Waals surface area (Å²) >= 11 is 0. The Balaban J connectivity index is 1.52. The standard InChI is InChI=1S/C23H15N7/c1-2-10-25-17(7-1)15-6-3-8-18-21(15)28-23(27-18)22-16-11-19(14-5-4-9-24-12-14)26-13-20(16)29-30-22/h1-13H,(H,27,28)(H,29,30). The number of aromatic nitrogens is 7. The first-order chi connectivity index (χ1) is 14.9. The monoisotopic (exact) mass is 389 g/mol. The average molecular weight is 389 g/mol. The molecular formula is C23H15N7. The zero-order valence-corrected chi connectivity index (χ0v) is 15.7. The van der Waals surface area contributed by atoms with E-state index < -0.39 is 0 Å². The first-order valence-corrected chi connectivity index (χ1v) is 9.52. The molecule has 0 fully saturated rings. The Kier molecular flexibility index (Phi) is 3.64. The molecule has 0 radical (unpaired) electrons. The van der Waals surface area contributed by atoms with Gasteiger partial charge in [0.15, 0.2) is 5.82 Å². The van der Waals surface area contributed by atoms with E-state index in [0.29, 0.717) is 5.82 Å². The molecule has 0 aliphatic rings. The van der Waals surface area contributed by atoms with E-state index in [1.54, 1.807) is 24.8 Å². The number of aromatic amines is 2. The number of rotatable bonds is 3. The highest BCUT2D eigenvalue weighted by Gasteiger charge is 2.16. The molecule has 0 bridgehead atoms. The van der Waals surface area contributed by atoms with Crippen LogP contribution >= 0.6 is 0 Å². The van der Waals surface area contributed by atoms with Gasteiger partial charge in [-0.25, -0.2) is 4.98 Å². The number of para-hydroxylation sites is 1. The minimum absolute atomic E-state index is 0.697. The van der Waals surface area contributed by atoms with E-state index in [1.807, 2.05) is 54.6 Å². The van der Waals surface area contributed by atoms with Crippen LogP contribution in [0.2, 0.25) is 0 Å². The summed E-state index contributed by atoms with van der Waals surface area (Å²) < 4.78 is 0. The van der Waals surface area contributed by atoms with Crippen LogP contribution in [0.5, 0.6) is 0 Å². The summed E-state index contributed by atoms with van der Waals surface area (Å²) in [7, 11) is 0. The van der Waals surface area contributed by atoms with Crippen molar-refractivity contribution in [1.82, 2.24) is 35.1 Å². The van der Waals surface area contributed by atoms with Crippen molar-refractivity contribution in [3.8, 4) is 34.0 Å². The van der Waals surface area contributed by atoms with Crippen molar-refractivity contribution in [2.45, 2.75) is 0 Å². The zero-order valence-electron chi connectivity index (χ0n) is 15.7. The smallest absolute Gasteiger partial charge is 0.159 e. The third-order valence-corrected chi connectivity index (χ3v) is 5.08. The van der Waals surface area contributed by atoms with Crippen molar-refractivity contribution in [3.05, 3.63) is 79.4 Å². The molecular weight excluding hydrogens is 374 g/mol. The third-order valence-electron chi connectivity index (χ3n) is 5.08. The van der Waals surface area contributed by atoms with E-state index >= 15 is 0 Å². The second kappa shape index (κ2) is 6.59. The van der Waals surface area contributed by atoms with Crippen molar-refractivity contribution < 1.29 is 0 Å². The normalized spacial score (nSPS) is 11.3. The van der Waals surface area contributed by atoms with Crippen LogP contribution in [-0.4, -0.2) is 35.1 Å². The molecule has 5 heterocycles. The summed E-state index contributed by atoms with van der Waals surface area (Å²) in [5.74, 6) is 0.697. The number of nitrogens with one attached hydrogen (secondary N) is 2. The molecule has 0 amide bonds. The average Bonchev–Trinajstić information content (AvgIpc) is 3.43. The lowest BCUT2D eigenvalue weighted by molar-refractivity contribution is 1.10. The van der Waals surface area contributed by atoms with Crippen LogP contribution in [0.25, 0.3) is 56.0 Å². The van der Waals surface area contributed by atoms with Crippen LogP contribution in [0.4, 0.5) is 0 Å². The Bertz CT molecular complexity index is 1480. The fourth-order valence-corrected chi connectivity index (χ4v) is 3.64. The third kappa shape index (κ3) is 2.64. The second-order valence-electron chi connectivity index (χ2n) is 6.93. The maximum Gasteiger partial charge on any atom is 0.159 e. The molecule has 0 aliphatic carbocycles. The van der Waals surface area contributed by atoms with Gasteiger partial charge in [0.2, 0.25) is 0 Å². The van der Waals surface area contributed by atoms with Crippen molar-refractivity contribution in [2.75, 3.05) is 0 Å². The molecule has 142 valence electrons. The largest absolute Gasteiger partial charge is 0.337 e. The Hall–Kier alpha value is -4.39. The van der Waals surface area contributed by atoms with Crippen LogP contribution < -0.4 is 0 Å². The Morgan fingerprint density at radius 3 is 2.63 bits per heavy atom. The highest BCUT2D eigenvalue weighted by Crippen LogP contribution is 2.31. The Morgan fingerprint density at radius 1 is 0.767 bits per heavy atom. The number of H-pyrrole nitrogens is 2. The van der Waals surface area contributed by atoms with Gasteiger partial charge in [0, 0.05) is 35.1 Å². The van der Waals surface area contributed by atoms with Crippen molar-refractivity contribution in [1.29, 1.82) is 0 Å². The van der Waals surface area contributed by atoms with Gasteiger partial charge in [-0.1, -0.05) is 18.2 Å². The molecule has 2 N–H and O–H groups in total. The van der Waals surface area contributed by atoms with E-state index in [1.165, 1.54) is 0 Å². The Morgan fingerprint density at radius 2 is 1.77 bits per heavy atom. The molecule has 7 heteroatoms. The fourth-order valence-electron chi connectivity index (χ4n) is 3.64. The number of hydrogen-bond donors (Lipinski definition) is 2. The van der Waals surface area contributed by atoms with Gasteiger partial charge in [-0.05, 0) is 36.4 Å². The quantitative estimate of drug-likeness (QED) is 0.460. The van der Waals surface area contributed by atoms with E-state index in [4.69, 9.17) is 4.98 Å². The lowest BCUT2D eigenvalue weighted by Gasteiger charge is -2.00. The highest BCUT2D eigenvalue weighted by atomic mass is 15.1. The van der Waals surface area contributed by atoms with Crippen molar-refractivity contribution in [3.63, 3.8) is 0 Å². The van der Waals surface area contributed by atoms with Crippen LogP contribution in [-0.2, 0) is 0 Å². The van der Waals surface area contributed by atoms with Crippen LogP contribution in [0.3, 0.4) is 0 Å². The van der Waals surface area contributed by atoms with Crippen molar-refractivity contribution in [2.24, 2.45) is 0 Å². The number of imidazole rings is 1. The van der Waals surface area contributed by atoms with E-state index in [-0.39, 0.29) is 0 Å². The SMILES string of the molecule is c1ccc(-c2cccc3[nH]c(-c4n[nH]c5cnc(-c6cccnc6)cc45)nc23)nc1. The summed E-state index contributed by atoms with van der Waals surface area (Å²) in [5, 5.41) is 8.51. The number of nitrogens with zero attached hydrogens (tertiary/aromatic N) is 5. The first kappa shape index (κ1) is 16.6. The minimum atomic E-state index is 0.697. The molecule has 1 aromatic carbocycles. The molecule has 0 atom stereocenters. The molecule has 6 aromatic rings. The molecule has 0 saturated carbocycles. The fraction of sp³-hybridized carbons (Fsp3) is 0. The number of fused-ring (bicyclic) bond motifs is 2. The molecule has 0 saturated heterocycles. The lowest BCUT2D eigenvalue weighted by Crippen LogP contribution is -1.86. The van der Waals surface area contributed by atoms with E-state index in [9.17, 15) is 0 Å². The van der Waals surface area contributed by atoms with Gasteiger partial charge in [-0.2, -0.15) is 5.10 Å². The Labute approximate surface area is 170 Å². The molecule has 7 nitrogen and oxygen atoms in total. The van der Waals surface area contributed by atoms with E-state index in [2.05, 4.69) is 30.1 Å². The predicted octanol–water partition coefficient (Wildman–Crippen LogP) is 4.63. The van der Waals surface area contributed by atoms with Gasteiger partial charge >= 0.3 is 0 Å². The predicted molar refractivity (Wildman–Crippen MR) is 115 cm³/mol. The molecule has 5 aromatic heterocycles. The second-order valence-corrected chi connectivity index (χ2v) is 6.93. The minimum Gasteiger partial charge on any atom is -0.337 e. The van der Waals surface area contributed by atoms with Crippen molar-refractivity contribution >= 4 is 21.9 Å². The summed E-state index contributed by atoms with van der Waals surface area (Å²) in [6.45, 7) is 0. The van der Waals surface area contributed by atoms with Gasteiger partial charge in [0.25, 0.3) is 0 Å². The molecule has 0 unspecified atom stereocenters. The number of hydrogen-bond acceptors (Lipinski definition) is 5. The first-order valence-electron chi connectivity index (χ1n) is 9.52. The van der Waals surface area contributed by atoms with Gasteiger partial charge in [-0.3, -0.25) is 20.1 Å². The topological polar surface area (TPSA) is 96.0 Å². The lowest BCUT2D eigenvalue weighted by atomic mass is 10.1. The molecule has 6 rings (SSSR count). The van der Waals surface area contributed by atoms with Crippen LogP contribution in [0.15, 0.2) is 79.4 Å². The van der Waals surface area contributed by atoms with Gasteiger partial charge < -0.3 is 4.98 Å². The molecule has 0 aliphatic heterocycles. The van der Waals surface area contributed by atoms with Gasteiger partial charge in [-0.15, -0.1) is 0 Å². The summed E-state index contributed by atoms with van der Waals surface area (Å²) in [5.41, 5.74) is 7.06.